The molecule has 19 heavy (non-hydrogen) atoms. The van der Waals surface area contributed by atoms with E-state index >= 15 is 0 Å². The van der Waals surface area contributed by atoms with Crippen LogP contribution in [0.25, 0.3) is 0 Å². The van der Waals surface area contributed by atoms with E-state index in [2.05, 4.69) is 32.9 Å². The molecule has 2 aromatic rings. The molecular weight excluding hydrogens is 262 g/mol. The molecule has 0 fully saturated rings. The maximum Gasteiger partial charge on any atom is 0.229 e. The summed E-state index contributed by atoms with van der Waals surface area (Å²) in [4.78, 5) is 18.7. The third-order valence-corrected chi connectivity index (χ3v) is 2.85. The standard InChI is InChI=1S/C13H16ClN5/c1-4-9-5-6-10(15-8-9)7-11-16-12(14)18-13(17-11)19(2)3/h5-6,8H,4,7H2,1-3H3. The van der Waals surface area contributed by atoms with Gasteiger partial charge in [0.25, 0.3) is 0 Å². The van der Waals surface area contributed by atoms with E-state index in [1.54, 1.807) is 4.90 Å². The second-order valence-corrected chi connectivity index (χ2v) is 4.74. The van der Waals surface area contributed by atoms with Crippen molar-refractivity contribution in [3.05, 3.63) is 40.7 Å². The highest BCUT2D eigenvalue weighted by Crippen LogP contribution is 2.11. The maximum atomic E-state index is 5.90. The fourth-order valence-corrected chi connectivity index (χ4v) is 1.76. The normalized spacial score (nSPS) is 10.5. The predicted octanol–water partition coefficient (Wildman–Crippen LogP) is 2.14. The largest absolute Gasteiger partial charge is 0.347 e. The van der Waals surface area contributed by atoms with Crippen molar-refractivity contribution in [3.63, 3.8) is 0 Å². The third kappa shape index (κ3) is 3.61. The minimum absolute atomic E-state index is 0.207. The van der Waals surface area contributed by atoms with Crippen LogP contribution in [0.4, 0.5) is 5.95 Å². The van der Waals surface area contributed by atoms with Gasteiger partial charge in [-0.1, -0.05) is 13.0 Å². The second-order valence-electron chi connectivity index (χ2n) is 4.40. The molecule has 0 spiro atoms. The van der Waals surface area contributed by atoms with Crippen molar-refractivity contribution in [1.82, 2.24) is 19.9 Å². The van der Waals surface area contributed by atoms with Crippen molar-refractivity contribution in [1.29, 1.82) is 0 Å². The average Bonchev–Trinajstić information content (AvgIpc) is 2.39. The lowest BCUT2D eigenvalue weighted by atomic mass is 10.2. The zero-order valence-electron chi connectivity index (χ0n) is 11.3. The minimum atomic E-state index is 0.207. The van der Waals surface area contributed by atoms with Crippen LogP contribution in [0.2, 0.25) is 5.28 Å². The Labute approximate surface area is 117 Å². The van der Waals surface area contributed by atoms with E-state index in [9.17, 15) is 0 Å². The average molecular weight is 278 g/mol. The molecule has 2 aromatic heterocycles. The minimum Gasteiger partial charge on any atom is -0.347 e. The molecule has 6 heteroatoms. The van der Waals surface area contributed by atoms with Crippen LogP contribution >= 0.6 is 11.6 Å². The summed E-state index contributed by atoms with van der Waals surface area (Å²) in [6.07, 6.45) is 3.41. The maximum absolute atomic E-state index is 5.90. The molecule has 0 aliphatic rings. The van der Waals surface area contributed by atoms with Crippen LogP contribution in [0, 0.1) is 0 Å². The van der Waals surface area contributed by atoms with E-state index in [0.29, 0.717) is 18.2 Å². The molecule has 0 aliphatic heterocycles. The summed E-state index contributed by atoms with van der Waals surface area (Å²) in [5.74, 6) is 1.18. The molecule has 2 rings (SSSR count). The first kappa shape index (κ1) is 13.7. The zero-order chi connectivity index (χ0) is 13.8. The SMILES string of the molecule is CCc1ccc(Cc2nc(Cl)nc(N(C)C)n2)nc1. The van der Waals surface area contributed by atoms with Gasteiger partial charge in [0.1, 0.15) is 5.82 Å². The van der Waals surface area contributed by atoms with Gasteiger partial charge in [0.2, 0.25) is 11.2 Å². The van der Waals surface area contributed by atoms with Gasteiger partial charge in [0.05, 0.1) is 6.42 Å². The third-order valence-electron chi connectivity index (χ3n) is 2.68. The van der Waals surface area contributed by atoms with Gasteiger partial charge in [0.15, 0.2) is 0 Å². The van der Waals surface area contributed by atoms with Gasteiger partial charge >= 0.3 is 0 Å². The summed E-state index contributed by atoms with van der Waals surface area (Å²) in [5.41, 5.74) is 2.13. The molecule has 0 saturated heterocycles. The first-order chi connectivity index (χ1) is 9.08. The summed E-state index contributed by atoms with van der Waals surface area (Å²) in [6.45, 7) is 2.10. The van der Waals surface area contributed by atoms with Gasteiger partial charge in [0, 0.05) is 26.0 Å². The molecule has 0 aromatic carbocycles. The smallest absolute Gasteiger partial charge is 0.229 e. The molecular formula is C13H16ClN5. The van der Waals surface area contributed by atoms with Gasteiger partial charge in [-0.3, -0.25) is 4.98 Å². The van der Waals surface area contributed by atoms with Crippen LogP contribution < -0.4 is 4.90 Å². The first-order valence-electron chi connectivity index (χ1n) is 6.10. The fourth-order valence-electron chi connectivity index (χ4n) is 1.59. The zero-order valence-corrected chi connectivity index (χ0v) is 12.0. The Morgan fingerprint density at radius 1 is 1.16 bits per heavy atom. The van der Waals surface area contributed by atoms with Crippen LogP contribution in [0.1, 0.15) is 24.0 Å². The van der Waals surface area contributed by atoms with E-state index in [-0.39, 0.29) is 5.28 Å². The van der Waals surface area contributed by atoms with Gasteiger partial charge in [-0.05, 0) is 29.7 Å². The second kappa shape index (κ2) is 5.93. The lowest BCUT2D eigenvalue weighted by Gasteiger charge is -2.10. The molecule has 100 valence electrons. The Morgan fingerprint density at radius 2 is 1.95 bits per heavy atom. The number of anilines is 1. The van der Waals surface area contributed by atoms with Crippen LogP contribution in [0.3, 0.4) is 0 Å². The van der Waals surface area contributed by atoms with E-state index in [0.717, 1.165) is 12.1 Å². The van der Waals surface area contributed by atoms with E-state index in [1.807, 2.05) is 26.4 Å². The van der Waals surface area contributed by atoms with Gasteiger partial charge in [-0.25, -0.2) is 4.98 Å². The molecule has 0 N–H and O–H groups in total. The molecule has 2 heterocycles. The Bertz CT molecular complexity index is 553. The number of hydrogen-bond donors (Lipinski definition) is 0. The molecule has 5 nitrogen and oxygen atoms in total. The number of aryl methyl sites for hydroxylation is 1. The van der Waals surface area contributed by atoms with Crippen molar-refractivity contribution in [2.75, 3.05) is 19.0 Å². The molecule has 0 aliphatic carbocycles. The number of halogens is 1. The van der Waals surface area contributed by atoms with Crippen molar-refractivity contribution in [3.8, 4) is 0 Å². The van der Waals surface area contributed by atoms with Crippen LogP contribution in [0.5, 0.6) is 0 Å². The quantitative estimate of drug-likeness (QED) is 0.857. The number of hydrogen-bond acceptors (Lipinski definition) is 5. The summed E-state index contributed by atoms with van der Waals surface area (Å²) in [6, 6.07) is 4.06. The summed E-state index contributed by atoms with van der Waals surface area (Å²) >= 11 is 5.90. The lowest BCUT2D eigenvalue weighted by Crippen LogP contribution is -2.15. The van der Waals surface area contributed by atoms with Crippen LogP contribution in [-0.2, 0) is 12.8 Å². The molecule has 0 saturated carbocycles. The highest BCUT2D eigenvalue weighted by Gasteiger charge is 2.08. The van der Waals surface area contributed by atoms with Crippen LogP contribution in [0.15, 0.2) is 18.3 Å². The molecule has 0 radical (unpaired) electrons. The Kier molecular flexibility index (Phi) is 4.27. The van der Waals surface area contributed by atoms with E-state index in [4.69, 9.17) is 11.6 Å². The highest BCUT2D eigenvalue weighted by molar-refractivity contribution is 6.28. The van der Waals surface area contributed by atoms with Gasteiger partial charge in [-0.2, -0.15) is 9.97 Å². The molecule has 0 atom stereocenters. The lowest BCUT2D eigenvalue weighted by molar-refractivity contribution is 0.868. The summed E-state index contributed by atoms with van der Waals surface area (Å²) in [5, 5.41) is 0.207. The van der Waals surface area contributed by atoms with Crippen molar-refractivity contribution in [2.45, 2.75) is 19.8 Å². The Balaban J connectivity index is 2.22. The van der Waals surface area contributed by atoms with Crippen molar-refractivity contribution < 1.29 is 0 Å². The van der Waals surface area contributed by atoms with E-state index < -0.39 is 0 Å². The summed E-state index contributed by atoms with van der Waals surface area (Å²) < 4.78 is 0. The highest BCUT2D eigenvalue weighted by atomic mass is 35.5. The molecule has 0 amide bonds. The number of rotatable bonds is 4. The van der Waals surface area contributed by atoms with Crippen LogP contribution in [-0.4, -0.2) is 34.0 Å². The van der Waals surface area contributed by atoms with E-state index in [1.165, 1.54) is 5.56 Å². The number of aromatic nitrogens is 4. The fraction of sp³-hybridized carbons (Fsp3) is 0.385. The number of nitrogens with zero attached hydrogens (tertiary/aromatic N) is 5. The Hall–Kier alpha value is -1.75. The van der Waals surface area contributed by atoms with Gasteiger partial charge in [-0.15, -0.1) is 0 Å². The Morgan fingerprint density at radius 3 is 2.53 bits per heavy atom. The van der Waals surface area contributed by atoms with Crippen molar-refractivity contribution >= 4 is 17.5 Å². The van der Waals surface area contributed by atoms with Crippen molar-refractivity contribution in [2.24, 2.45) is 0 Å². The van der Waals surface area contributed by atoms with Gasteiger partial charge < -0.3 is 4.90 Å². The number of pyridine rings is 1. The summed E-state index contributed by atoms with van der Waals surface area (Å²) in [7, 11) is 3.73. The topological polar surface area (TPSA) is 54.8 Å². The first-order valence-corrected chi connectivity index (χ1v) is 6.48. The molecule has 0 bridgehead atoms. The molecule has 0 unspecified atom stereocenters. The monoisotopic (exact) mass is 277 g/mol. The predicted molar refractivity (Wildman–Crippen MR) is 75.6 cm³/mol.